The van der Waals surface area contributed by atoms with Crippen LogP contribution < -0.4 is 18.9 Å². The number of aryl methyl sites for hydroxylation is 2. The second kappa shape index (κ2) is 20.4. The maximum absolute atomic E-state index is 7.06. The number of hydrogen-bond donors (Lipinski definition) is 0. The highest BCUT2D eigenvalue weighted by atomic mass is 16.4. The number of anilines is 2. The van der Waals surface area contributed by atoms with Crippen molar-refractivity contribution < 1.29 is 18.0 Å². The van der Waals surface area contributed by atoms with E-state index in [1.807, 2.05) is 0 Å². The van der Waals surface area contributed by atoms with Crippen LogP contribution >= 0.6 is 0 Å². The van der Waals surface area contributed by atoms with Crippen molar-refractivity contribution in [2.24, 2.45) is 0 Å². The predicted molar refractivity (Wildman–Crippen MR) is 317 cm³/mol. The lowest BCUT2D eigenvalue weighted by Crippen LogP contribution is -2.36. The number of hydrogen-bond acceptors (Lipinski definition) is 4. The minimum Gasteiger partial charge on any atom is -0.398 e. The molecule has 76 heavy (non-hydrogen) atoms. The SMILES string of the molecule is CCCC[n+]1c(C=C2N(CC)c3c(ccc4ccccc34)C2(C)CCCCC2(C)C(=Cc3oc4cc(-c5ccccc5)ccc4[n+]3CCCC)N(CC)c3c2ccc2ccccc32)oc2cc(-c3ccccc3)ccc21. The van der Waals surface area contributed by atoms with Gasteiger partial charge in [-0.1, -0.05) is 173 Å². The summed E-state index contributed by atoms with van der Waals surface area (Å²) in [4.78, 5) is 5.21. The fourth-order valence-electron chi connectivity index (χ4n) is 13.1. The lowest BCUT2D eigenvalue weighted by Gasteiger charge is -2.31. The van der Waals surface area contributed by atoms with Crippen molar-refractivity contribution in [2.75, 3.05) is 22.9 Å². The van der Waals surface area contributed by atoms with Gasteiger partial charge in [0.05, 0.1) is 23.5 Å². The summed E-state index contributed by atoms with van der Waals surface area (Å²) in [6, 6.07) is 62.3. The second-order valence-corrected chi connectivity index (χ2v) is 21.8. The number of likely N-dealkylation sites (N-methyl/N-ethyl adjacent to an activating group) is 2. The molecule has 0 aliphatic carbocycles. The predicted octanol–water partition coefficient (Wildman–Crippen LogP) is 17.5. The number of aromatic nitrogens is 2. The van der Waals surface area contributed by atoms with Crippen LogP contribution in [0.1, 0.15) is 116 Å². The van der Waals surface area contributed by atoms with E-state index in [0.717, 1.165) is 112 Å². The lowest BCUT2D eigenvalue weighted by molar-refractivity contribution is -0.678. The Bertz CT molecular complexity index is 3580. The van der Waals surface area contributed by atoms with Gasteiger partial charge in [0.1, 0.15) is 0 Å². The number of benzene rings is 8. The van der Waals surface area contributed by atoms with E-state index in [1.165, 1.54) is 77.7 Å². The van der Waals surface area contributed by atoms with Crippen molar-refractivity contribution in [3.8, 4) is 22.3 Å². The van der Waals surface area contributed by atoms with Gasteiger partial charge in [0.15, 0.2) is 13.1 Å². The van der Waals surface area contributed by atoms with E-state index in [4.69, 9.17) is 8.83 Å². The highest BCUT2D eigenvalue weighted by Gasteiger charge is 2.47. The van der Waals surface area contributed by atoms with Crippen molar-refractivity contribution in [1.29, 1.82) is 0 Å². The zero-order valence-electron chi connectivity index (χ0n) is 45.4. The van der Waals surface area contributed by atoms with Crippen LogP contribution in [0.25, 0.3) is 78.2 Å². The van der Waals surface area contributed by atoms with E-state index in [1.54, 1.807) is 0 Å². The van der Waals surface area contributed by atoms with Gasteiger partial charge < -0.3 is 18.6 Å². The molecule has 2 unspecified atom stereocenters. The summed E-state index contributed by atoms with van der Waals surface area (Å²) in [6.07, 6.45) is 13.3. The van der Waals surface area contributed by atoms with Gasteiger partial charge in [0.25, 0.3) is 11.0 Å². The van der Waals surface area contributed by atoms with Crippen molar-refractivity contribution >= 4 is 67.3 Å². The Morgan fingerprint density at radius 1 is 0.434 bits per heavy atom. The van der Waals surface area contributed by atoms with Crippen LogP contribution in [0.4, 0.5) is 11.4 Å². The van der Waals surface area contributed by atoms with E-state index < -0.39 is 0 Å². The van der Waals surface area contributed by atoms with E-state index >= 15 is 0 Å². The molecule has 6 heteroatoms. The molecule has 10 aromatic rings. The normalized spacial score (nSPS) is 18.3. The van der Waals surface area contributed by atoms with Crippen LogP contribution in [0, 0.1) is 0 Å². The largest absolute Gasteiger partial charge is 0.398 e. The molecule has 0 spiro atoms. The Morgan fingerprint density at radius 3 is 1.25 bits per heavy atom. The molecule has 12 rings (SSSR count). The minimum atomic E-state index is -0.275. The summed E-state index contributed by atoms with van der Waals surface area (Å²) in [5.41, 5.74) is 16.4. The molecule has 2 atom stereocenters. The number of nitrogens with zero attached hydrogens (tertiary/aromatic N) is 4. The molecule has 0 fully saturated rings. The molecular weight excluding hydrogens is 929 g/mol. The van der Waals surface area contributed by atoms with Crippen LogP contribution in [0.15, 0.2) is 190 Å². The summed E-state index contributed by atoms with van der Waals surface area (Å²) in [5, 5.41) is 5.16. The quantitative estimate of drug-likeness (QED) is 0.0673. The number of allylic oxidation sites excluding steroid dienone is 2. The molecule has 2 aliphatic heterocycles. The highest BCUT2D eigenvalue weighted by molar-refractivity contribution is 6.01. The monoisotopic (exact) mass is 1000 g/mol. The summed E-state index contributed by atoms with van der Waals surface area (Å²) in [6.45, 7) is 17.7. The molecule has 0 radical (unpaired) electrons. The van der Waals surface area contributed by atoms with Crippen molar-refractivity contribution in [3.63, 3.8) is 0 Å². The van der Waals surface area contributed by atoms with Gasteiger partial charge in [-0.05, 0) is 109 Å². The Balaban J connectivity index is 0.943. The fraction of sp³-hybridized carbons (Fsp3) is 0.286. The van der Waals surface area contributed by atoms with Crippen LogP contribution in [-0.2, 0) is 23.9 Å². The van der Waals surface area contributed by atoms with Gasteiger partial charge in [-0.25, -0.2) is 0 Å². The zero-order chi connectivity index (χ0) is 52.0. The van der Waals surface area contributed by atoms with Gasteiger partial charge in [-0.2, -0.15) is 9.13 Å². The first-order valence-corrected chi connectivity index (χ1v) is 28.3. The Labute approximate surface area is 449 Å². The van der Waals surface area contributed by atoms with Gasteiger partial charge in [0, 0.05) is 71.1 Å². The van der Waals surface area contributed by atoms with Crippen LogP contribution in [-0.4, -0.2) is 13.1 Å². The first-order valence-electron chi connectivity index (χ1n) is 28.3. The highest BCUT2D eigenvalue weighted by Crippen LogP contribution is 2.56. The molecule has 0 amide bonds. The topological polar surface area (TPSA) is 40.5 Å². The Hall–Kier alpha value is -7.70. The number of unbranched alkanes of at least 4 members (excludes halogenated alkanes) is 3. The van der Waals surface area contributed by atoms with Gasteiger partial charge >= 0.3 is 11.8 Å². The first-order chi connectivity index (χ1) is 37.3. The number of fused-ring (bicyclic) bond motifs is 8. The summed E-state index contributed by atoms with van der Waals surface area (Å²) in [5.74, 6) is 1.83. The second-order valence-electron chi connectivity index (χ2n) is 21.8. The van der Waals surface area contributed by atoms with E-state index in [0.29, 0.717) is 0 Å². The maximum atomic E-state index is 7.06. The van der Waals surface area contributed by atoms with E-state index in [-0.39, 0.29) is 10.8 Å². The molecule has 2 aromatic heterocycles. The summed E-state index contributed by atoms with van der Waals surface area (Å²) >= 11 is 0. The molecule has 8 aromatic carbocycles. The molecule has 382 valence electrons. The minimum absolute atomic E-state index is 0.275. The lowest BCUT2D eigenvalue weighted by atomic mass is 9.74. The smallest absolute Gasteiger partial charge is 0.375 e. The molecule has 0 saturated carbocycles. The van der Waals surface area contributed by atoms with Gasteiger partial charge in [0.2, 0.25) is 11.2 Å². The van der Waals surface area contributed by atoms with Crippen molar-refractivity contribution in [2.45, 2.75) is 117 Å². The molecule has 4 heterocycles. The molecule has 0 bridgehead atoms. The Kier molecular flexibility index (Phi) is 13.2. The van der Waals surface area contributed by atoms with Gasteiger partial charge in [-0.3, -0.25) is 0 Å². The molecular formula is C70H72N4O2+2. The Morgan fingerprint density at radius 2 is 0.842 bits per heavy atom. The van der Waals surface area contributed by atoms with E-state index in [9.17, 15) is 0 Å². The average molecular weight is 1000 g/mol. The van der Waals surface area contributed by atoms with Crippen LogP contribution in [0.3, 0.4) is 0 Å². The molecule has 0 saturated heterocycles. The molecule has 0 N–H and O–H groups in total. The number of oxazole rings is 2. The third-order valence-electron chi connectivity index (χ3n) is 17.1. The number of rotatable bonds is 17. The first kappa shape index (κ1) is 49.2. The maximum Gasteiger partial charge on any atom is 0.375 e. The fourth-order valence-corrected chi connectivity index (χ4v) is 13.1. The van der Waals surface area contributed by atoms with Crippen molar-refractivity contribution in [1.82, 2.24) is 0 Å². The third kappa shape index (κ3) is 8.41. The third-order valence-corrected chi connectivity index (χ3v) is 17.1. The molecule has 2 aliphatic rings. The average Bonchev–Trinajstić information content (AvgIpc) is 4.23. The van der Waals surface area contributed by atoms with Crippen LogP contribution in [0.5, 0.6) is 0 Å². The summed E-state index contributed by atoms with van der Waals surface area (Å²) in [7, 11) is 0. The van der Waals surface area contributed by atoms with Crippen molar-refractivity contribution in [3.05, 3.63) is 204 Å². The van der Waals surface area contributed by atoms with E-state index in [2.05, 4.69) is 242 Å². The standard InChI is InChI=1S/C70H72N4O2/c1-7-11-43-73-59-39-35-53(49-25-15-13-16-26-49)45-61(59)75-65(73)47-63-69(5,57-37-33-51-29-19-21-31-55(51)67(57)71(63)9-3)41-23-24-42-70(6)58-38-34-52-30-20-22-32-56(52)68(58)72(10-4)64(70)48-66-74(44-12-8-2)60-40-36-54(46-62(60)76-66)50-27-17-14-18-28-50/h13-22,25-40,45-48H,7-12,23-24,41-44H2,1-6H3/q+2. The summed E-state index contributed by atoms with van der Waals surface area (Å²) < 4.78 is 19.0. The van der Waals surface area contributed by atoms with Gasteiger partial charge in [-0.15, -0.1) is 0 Å². The van der Waals surface area contributed by atoms with Crippen LogP contribution in [0.2, 0.25) is 0 Å². The zero-order valence-corrected chi connectivity index (χ0v) is 45.4. The molecule has 6 nitrogen and oxygen atoms in total.